The fourth-order valence-corrected chi connectivity index (χ4v) is 10.8. The molecule has 0 fully saturated rings. The molecule has 0 spiro atoms. The number of furan rings is 1. The SMILES string of the molecule is CC(C)Cc1cc(-c2[c-]cccc2)nc[c]1[Ge]([CH3])([CH3])[CH3].Cc1c[c-]c(-c2nc3ccccc3n2Cc2ccccc2)c2oc3nc(-c4ccccc4)ccc3c12.[Ir]. The molecule has 0 aliphatic heterocycles. The van der Waals surface area contributed by atoms with E-state index >= 15 is 0 Å². The van der Waals surface area contributed by atoms with Crippen molar-refractivity contribution >= 4 is 50.8 Å². The zero-order valence-corrected chi connectivity index (χ0v) is 37.8. The van der Waals surface area contributed by atoms with E-state index < -0.39 is 13.3 Å². The van der Waals surface area contributed by atoms with Gasteiger partial charge in [0.25, 0.3) is 0 Å². The summed E-state index contributed by atoms with van der Waals surface area (Å²) < 4.78 is 10.3. The van der Waals surface area contributed by atoms with Crippen molar-refractivity contribution in [2.45, 2.75) is 51.0 Å². The average Bonchev–Trinajstić information content (AvgIpc) is 3.77. The van der Waals surface area contributed by atoms with Crippen LogP contribution in [-0.4, -0.2) is 32.8 Å². The normalized spacial score (nSPS) is 11.5. The van der Waals surface area contributed by atoms with Crippen LogP contribution in [0.25, 0.3) is 67.0 Å². The summed E-state index contributed by atoms with van der Waals surface area (Å²) in [4.78, 5) is 14.6. The van der Waals surface area contributed by atoms with Gasteiger partial charge in [-0.05, 0) is 29.8 Å². The van der Waals surface area contributed by atoms with Crippen LogP contribution in [0.2, 0.25) is 17.3 Å². The number of hydrogen-bond acceptors (Lipinski definition) is 4. The molecule has 9 aromatic rings. The Morgan fingerprint density at radius 3 is 2.21 bits per heavy atom. The predicted molar refractivity (Wildman–Crippen MR) is 235 cm³/mol. The van der Waals surface area contributed by atoms with Gasteiger partial charge in [-0.1, -0.05) is 90.7 Å². The number of pyridine rings is 2. The molecule has 7 heteroatoms. The van der Waals surface area contributed by atoms with Crippen molar-refractivity contribution in [2.24, 2.45) is 5.92 Å². The molecule has 0 atom stereocenters. The first-order valence-corrected chi connectivity index (χ1v) is 26.7. The first kappa shape index (κ1) is 40.1. The van der Waals surface area contributed by atoms with Crippen molar-refractivity contribution in [2.75, 3.05) is 0 Å². The van der Waals surface area contributed by atoms with E-state index in [0.717, 1.165) is 73.3 Å². The van der Waals surface area contributed by atoms with Gasteiger partial charge in [0.05, 0.1) is 28.1 Å². The Labute approximate surface area is 352 Å². The van der Waals surface area contributed by atoms with Crippen molar-refractivity contribution in [3.63, 3.8) is 0 Å². The smallest absolute Gasteiger partial charge is 0.216 e. The van der Waals surface area contributed by atoms with E-state index in [0.29, 0.717) is 18.2 Å². The maximum Gasteiger partial charge on any atom is 0.216 e. The number of imidazole rings is 1. The Bertz CT molecular complexity index is 2770. The first-order valence-electron chi connectivity index (χ1n) is 19.4. The standard InChI is InChI=1S/C32H22N3O.C18H24GeN.Ir/c1-21-16-17-25(30-29(21)24-18-19-26(34-32(24)36-30)23-12-6-3-7-13-23)31-33-27-14-8-9-15-28(27)35(31)20-22-10-4-2-5-11-22;1-14(2)11-16-12-18(15-9-7-6-8-10-15)20-13-17(16)19(3,4)5;/h2-16,18-19H,20H2,1H3;6-9,12-14H,11H2,1-5H3;/q2*-1;. The van der Waals surface area contributed by atoms with Gasteiger partial charge in [0.2, 0.25) is 5.71 Å². The second kappa shape index (κ2) is 17.2. The van der Waals surface area contributed by atoms with Gasteiger partial charge in [-0.15, -0.1) is 17.7 Å². The van der Waals surface area contributed by atoms with Gasteiger partial charge in [-0.2, -0.15) is 0 Å². The minimum Gasteiger partial charge on any atom is -0.486 e. The summed E-state index contributed by atoms with van der Waals surface area (Å²) in [6.07, 6.45) is 3.27. The Morgan fingerprint density at radius 1 is 0.772 bits per heavy atom. The second-order valence-electron chi connectivity index (χ2n) is 15.9. The van der Waals surface area contributed by atoms with Gasteiger partial charge < -0.3 is 8.98 Å². The molecule has 0 saturated heterocycles. The quantitative estimate of drug-likeness (QED) is 0.112. The summed E-state index contributed by atoms with van der Waals surface area (Å²) in [6, 6.07) is 52.2. The molecule has 287 valence electrons. The van der Waals surface area contributed by atoms with E-state index in [2.05, 4.69) is 140 Å². The molecule has 0 bridgehead atoms. The van der Waals surface area contributed by atoms with Crippen molar-refractivity contribution in [1.29, 1.82) is 0 Å². The molecule has 0 saturated carbocycles. The van der Waals surface area contributed by atoms with Crippen LogP contribution >= 0.6 is 0 Å². The third-order valence-electron chi connectivity index (χ3n) is 10.2. The molecular weight excluding hydrogens is 937 g/mol. The number of benzene rings is 5. The molecule has 5 aromatic carbocycles. The first-order chi connectivity index (χ1) is 27.1. The fourth-order valence-electron chi connectivity index (χ4n) is 7.47. The van der Waals surface area contributed by atoms with Crippen LogP contribution in [0, 0.1) is 25.0 Å². The van der Waals surface area contributed by atoms with Gasteiger partial charge in [0, 0.05) is 37.6 Å². The zero-order chi connectivity index (χ0) is 38.8. The van der Waals surface area contributed by atoms with Crippen molar-refractivity contribution in [3.05, 3.63) is 168 Å². The Morgan fingerprint density at radius 2 is 1.49 bits per heavy atom. The van der Waals surface area contributed by atoms with Gasteiger partial charge in [0.1, 0.15) is 0 Å². The minimum absolute atomic E-state index is 0. The van der Waals surface area contributed by atoms with Gasteiger partial charge >= 0.3 is 126 Å². The van der Waals surface area contributed by atoms with E-state index in [-0.39, 0.29) is 20.1 Å². The number of para-hydroxylation sites is 2. The molecule has 0 N–H and O–H groups in total. The van der Waals surface area contributed by atoms with Crippen LogP contribution in [0.5, 0.6) is 0 Å². The maximum absolute atomic E-state index is 6.49. The van der Waals surface area contributed by atoms with E-state index in [9.17, 15) is 0 Å². The number of fused-ring (bicyclic) bond motifs is 4. The van der Waals surface area contributed by atoms with E-state index in [1.165, 1.54) is 11.1 Å². The van der Waals surface area contributed by atoms with Gasteiger partial charge in [-0.25, -0.2) is 4.98 Å². The predicted octanol–water partition coefficient (Wildman–Crippen LogP) is 12.1. The molecule has 9 rings (SSSR count). The second-order valence-corrected chi connectivity index (χ2v) is 26.5. The van der Waals surface area contributed by atoms with Crippen molar-refractivity contribution < 1.29 is 24.5 Å². The molecule has 0 unspecified atom stereocenters. The Hall–Kier alpha value is -5.14. The maximum atomic E-state index is 6.49. The Balaban J connectivity index is 0.000000202. The van der Waals surface area contributed by atoms with E-state index in [1.54, 1.807) is 4.40 Å². The minimum atomic E-state index is -1.86. The zero-order valence-electron chi connectivity index (χ0n) is 33.3. The third-order valence-corrected chi connectivity index (χ3v) is 14.5. The molecule has 0 aliphatic carbocycles. The van der Waals surface area contributed by atoms with Crippen LogP contribution in [-0.2, 0) is 33.1 Å². The summed E-state index contributed by atoms with van der Waals surface area (Å²) in [7, 11) is 0. The largest absolute Gasteiger partial charge is 0.486 e. The molecule has 57 heavy (non-hydrogen) atoms. The number of nitrogens with zero attached hydrogens (tertiary/aromatic N) is 4. The number of hydrogen-bond donors (Lipinski definition) is 0. The summed E-state index contributed by atoms with van der Waals surface area (Å²) in [5.41, 5.74) is 12.2. The van der Waals surface area contributed by atoms with Crippen LogP contribution in [0.4, 0.5) is 0 Å². The summed E-state index contributed by atoms with van der Waals surface area (Å²) >= 11 is -1.86. The molecular formula is C50H46GeIrN4O-2. The Kier molecular flexibility index (Phi) is 12.1. The number of aromatic nitrogens is 4. The monoisotopic (exact) mass is 985 g/mol. The molecule has 4 heterocycles. The van der Waals surface area contributed by atoms with Crippen molar-refractivity contribution in [3.8, 4) is 33.9 Å². The molecule has 0 aliphatic rings. The number of aryl methyl sites for hydroxylation is 1. The van der Waals surface area contributed by atoms with Crippen LogP contribution in [0.15, 0.2) is 144 Å². The molecule has 1 radical (unpaired) electrons. The van der Waals surface area contributed by atoms with E-state index in [1.807, 2.05) is 54.6 Å². The van der Waals surface area contributed by atoms with Crippen LogP contribution in [0.1, 0.15) is 30.5 Å². The summed E-state index contributed by atoms with van der Waals surface area (Å²) in [6.45, 7) is 7.37. The molecule has 5 nitrogen and oxygen atoms in total. The average molecular weight is 984 g/mol. The third kappa shape index (κ3) is 8.60. The summed E-state index contributed by atoms with van der Waals surface area (Å²) in [5.74, 6) is 8.83. The van der Waals surface area contributed by atoms with E-state index in [4.69, 9.17) is 19.4 Å². The summed E-state index contributed by atoms with van der Waals surface area (Å²) in [5, 5.41) is 2.06. The number of rotatable bonds is 8. The van der Waals surface area contributed by atoms with Gasteiger partial charge in [-0.3, -0.25) is 4.98 Å². The van der Waals surface area contributed by atoms with Crippen LogP contribution < -0.4 is 4.40 Å². The van der Waals surface area contributed by atoms with Crippen molar-refractivity contribution in [1.82, 2.24) is 19.5 Å². The fraction of sp³-hybridized carbons (Fsp3) is 0.180. The molecule has 0 amide bonds. The van der Waals surface area contributed by atoms with Crippen LogP contribution in [0.3, 0.4) is 0 Å². The topological polar surface area (TPSA) is 56.7 Å². The van der Waals surface area contributed by atoms with Gasteiger partial charge in [0.15, 0.2) is 0 Å². The molecule has 4 aromatic heterocycles.